The van der Waals surface area contributed by atoms with Crippen LogP contribution in [-0.2, 0) is 9.53 Å². The monoisotopic (exact) mass is 246 g/mol. The number of carbonyl (C=O) groups is 1. The van der Waals surface area contributed by atoms with Gasteiger partial charge in [-0.1, -0.05) is 0 Å². The Hall–Kier alpha value is -0.650. The molecule has 1 N–H and O–H groups in total. The number of hydrogen-bond acceptors (Lipinski definition) is 4. The van der Waals surface area contributed by atoms with Gasteiger partial charge in [0.25, 0.3) is 0 Å². The lowest BCUT2D eigenvalue weighted by atomic mass is 10.3. The Morgan fingerprint density at radius 2 is 1.88 bits per heavy atom. The van der Waals surface area contributed by atoms with Gasteiger partial charge in [-0.25, -0.2) is 0 Å². The minimum Gasteiger partial charge on any atom is -0.481 e. The Balaban J connectivity index is 3.79. The molecular weight excluding hydrogens is 220 g/mol. The van der Waals surface area contributed by atoms with E-state index in [1.165, 1.54) is 0 Å². The molecule has 0 saturated carbocycles. The fraction of sp³-hybridized carbons (Fsp3) is 0.917. The van der Waals surface area contributed by atoms with Crippen LogP contribution < -0.4 is 0 Å². The zero-order valence-corrected chi connectivity index (χ0v) is 11.3. The van der Waals surface area contributed by atoms with E-state index in [9.17, 15) is 4.79 Å². The maximum Gasteiger partial charge on any atom is 0.304 e. The molecule has 0 bridgehead atoms. The average Bonchev–Trinajstić information content (AvgIpc) is 2.26. The molecule has 0 aliphatic rings. The highest BCUT2D eigenvalue weighted by Gasteiger charge is 2.07. The van der Waals surface area contributed by atoms with Crippen LogP contribution in [0.2, 0.25) is 0 Å². The lowest BCUT2D eigenvalue weighted by Gasteiger charge is -2.23. The van der Waals surface area contributed by atoms with Gasteiger partial charge in [-0.3, -0.25) is 4.79 Å². The van der Waals surface area contributed by atoms with Crippen LogP contribution in [0.15, 0.2) is 0 Å². The van der Waals surface area contributed by atoms with Crippen molar-refractivity contribution in [1.82, 2.24) is 9.80 Å². The summed E-state index contributed by atoms with van der Waals surface area (Å²) in [6, 6.07) is 0. The predicted octanol–water partition coefficient (Wildman–Crippen LogP) is 0.751. The molecule has 0 rings (SSSR count). The van der Waals surface area contributed by atoms with Crippen molar-refractivity contribution in [2.45, 2.75) is 19.8 Å². The first kappa shape index (κ1) is 16.4. The highest BCUT2D eigenvalue weighted by Crippen LogP contribution is 1.96. The molecule has 0 heterocycles. The number of ether oxygens (including phenoxy) is 1. The molecule has 0 amide bonds. The first-order valence-corrected chi connectivity index (χ1v) is 6.23. The van der Waals surface area contributed by atoms with Crippen molar-refractivity contribution in [2.75, 3.05) is 53.5 Å². The van der Waals surface area contributed by atoms with Gasteiger partial charge in [-0.2, -0.15) is 0 Å². The molecule has 0 spiro atoms. The topological polar surface area (TPSA) is 53.0 Å². The Labute approximate surface area is 104 Å². The smallest absolute Gasteiger partial charge is 0.304 e. The number of nitrogens with zero attached hydrogens (tertiary/aromatic N) is 2. The first-order valence-electron chi connectivity index (χ1n) is 6.23. The van der Waals surface area contributed by atoms with Crippen LogP contribution in [0, 0.1) is 0 Å². The Bertz CT molecular complexity index is 198. The summed E-state index contributed by atoms with van der Waals surface area (Å²) in [5.74, 6) is -0.732. The molecule has 5 heteroatoms. The predicted molar refractivity (Wildman–Crippen MR) is 68.4 cm³/mol. The highest BCUT2D eigenvalue weighted by atomic mass is 16.5. The van der Waals surface area contributed by atoms with Gasteiger partial charge >= 0.3 is 5.97 Å². The van der Waals surface area contributed by atoms with Crippen molar-refractivity contribution in [3.8, 4) is 0 Å². The van der Waals surface area contributed by atoms with Gasteiger partial charge in [0.15, 0.2) is 0 Å². The van der Waals surface area contributed by atoms with E-state index in [2.05, 4.69) is 9.80 Å². The summed E-state index contributed by atoms with van der Waals surface area (Å²) in [7, 11) is 4.05. The summed E-state index contributed by atoms with van der Waals surface area (Å²) in [5, 5.41) is 8.69. The van der Waals surface area contributed by atoms with Crippen molar-refractivity contribution in [3.05, 3.63) is 0 Å². The van der Waals surface area contributed by atoms with Crippen LogP contribution in [0.3, 0.4) is 0 Å². The zero-order valence-electron chi connectivity index (χ0n) is 11.3. The molecule has 0 atom stereocenters. The molecule has 0 aromatic rings. The number of likely N-dealkylation sites (N-methyl/N-ethyl adjacent to an activating group) is 1. The van der Waals surface area contributed by atoms with Crippen LogP contribution in [-0.4, -0.2) is 74.4 Å². The van der Waals surface area contributed by atoms with E-state index in [4.69, 9.17) is 9.84 Å². The normalized spacial score (nSPS) is 11.4. The van der Waals surface area contributed by atoms with Gasteiger partial charge in [0.1, 0.15) is 0 Å². The molecule has 0 aliphatic heterocycles. The molecule has 0 aromatic carbocycles. The molecule has 0 fully saturated rings. The molecule has 0 saturated heterocycles. The number of hydrogen-bond donors (Lipinski definition) is 1. The van der Waals surface area contributed by atoms with Gasteiger partial charge in [-0.15, -0.1) is 0 Å². The Morgan fingerprint density at radius 1 is 1.18 bits per heavy atom. The first-order chi connectivity index (χ1) is 8.06. The molecule has 0 unspecified atom stereocenters. The van der Waals surface area contributed by atoms with Gasteiger partial charge in [0.05, 0.1) is 6.42 Å². The second-order valence-electron chi connectivity index (χ2n) is 4.34. The minimum absolute atomic E-state index is 0.210. The molecule has 0 radical (unpaired) electrons. The molecular formula is C12H26N2O3. The fourth-order valence-electron chi connectivity index (χ4n) is 1.47. The Kier molecular flexibility index (Phi) is 10.1. The maximum absolute atomic E-state index is 10.6. The molecule has 102 valence electrons. The number of rotatable bonds is 11. The van der Waals surface area contributed by atoms with Crippen LogP contribution in [0.4, 0.5) is 0 Å². The van der Waals surface area contributed by atoms with E-state index < -0.39 is 5.97 Å². The molecule has 5 nitrogen and oxygen atoms in total. The SMILES string of the molecule is CCOCCCN(CCC(=O)O)CCN(C)C. The maximum atomic E-state index is 10.6. The zero-order chi connectivity index (χ0) is 13.1. The number of carboxylic acids is 1. The summed E-state index contributed by atoms with van der Waals surface area (Å²) in [6.07, 6.45) is 1.17. The lowest BCUT2D eigenvalue weighted by molar-refractivity contribution is -0.137. The molecule has 17 heavy (non-hydrogen) atoms. The van der Waals surface area contributed by atoms with Crippen molar-refractivity contribution in [2.24, 2.45) is 0 Å². The second-order valence-corrected chi connectivity index (χ2v) is 4.34. The van der Waals surface area contributed by atoms with Crippen molar-refractivity contribution >= 4 is 5.97 Å². The van der Waals surface area contributed by atoms with Gasteiger partial charge in [-0.05, 0) is 27.4 Å². The quantitative estimate of drug-likeness (QED) is 0.545. The minimum atomic E-state index is -0.732. The van der Waals surface area contributed by atoms with E-state index in [0.717, 1.165) is 39.3 Å². The van der Waals surface area contributed by atoms with Crippen LogP contribution in [0.25, 0.3) is 0 Å². The average molecular weight is 246 g/mol. The summed E-state index contributed by atoms with van der Waals surface area (Å²) >= 11 is 0. The van der Waals surface area contributed by atoms with E-state index in [1.807, 2.05) is 21.0 Å². The van der Waals surface area contributed by atoms with Crippen LogP contribution >= 0.6 is 0 Å². The van der Waals surface area contributed by atoms with Gasteiger partial charge in [0, 0.05) is 39.4 Å². The third kappa shape index (κ3) is 11.6. The summed E-state index contributed by atoms with van der Waals surface area (Å²) in [6.45, 7) is 6.86. The molecule has 0 aliphatic carbocycles. The lowest BCUT2D eigenvalue weighted by Crippen LogP contribution is -2.34. The summed E-state index contributed by atoms with van der Waals surface area (Å²) < 4.78 is 5.28. The van der Waals surface area contributed by atoms with Crippen molar-refractivity contribution in [1.29, 1.82) is 0 Å². The van der Waals surface area contributed by atoms with Crippen molar-refractivity contribution in [3.63, 3.8) is 0 Å². The van der Waals surface area contributed by atoms with E-state index >= 15 is 0 Å². The number of aliphatic carboxylic acids is 1. The summed E-state index contributed by atoms with van der Waals surface area (Å²) in [5.41, 5.74) is 0. The fourth-order valence-corrected chi connectivity index (χ4v) is 1.47. The van der Waals surface area contributed by atoms with Gasteiger partial charge < -0.3 is 19.6 Å². The third-order valence-corrected chi connectivity index (χ3v) is 2.47. The van der Waals surface area contributed by atoms with Crippen LogP contribution in [0.1, 0.15) is 19.8 Å². The van der Waals surface area contributed by atoms with Crippen molar-refractivity contribution < 1.29 is 14.6 Å². The highest BCUT2D eigenvalue weighted by molar-refractivity contribution is 5.66. The third-order valence-electron chi connectivity index (χ3n) is 2.47. The van der Waals surface area contributed by atoms with Gasteiger partial charge in [0.2, 0.25) is 0 Å². The van der Waals surface area contributed by atoms with Crippen LogP contribution in [0.5, 0.6) is 0 Å². The Morgan fingerprint density at radius 3 is 2.41 bits per heavy atom. The second kappa shape index (κ2) is 10.5. The largest absolute Gasteiger partial charge is 0.481 e. The van der Waals surface area contributed by atoms with E-state index in [-0.39, 0.29) is 6.42 Å². The van der Waals surface area contributed by atoms with E-state index in [0.29, 0.717) is 6.54 Å². The summed E-state index contributed by atoms with van der Waals surface area (Å²) in [4.78, 5) is 14.9. The molecule has 0 aromatic heterocycles. The van der Waals surface area contributed by atoms with E-state index in [1.54, 1.807) is 0 Å². The number of carboxylic acid groups (broad SMARTS) is 1. The standard InChI is InChI=1S/C12H26N2O3/c1-4-17-11-5-7-14(8-6-12(15)16)10-9-13(2)3/h4-11H2,1-3H3,(H,15,16).